The number of carbonyl (C=O) groups excluding carboxylic acids is 2. The zero-order chi connectivity index (χ0) is 23.5. The number of methoxy groups -OCH3 is 1. The lowest BCUT2D eigenvalue weighted by molar-refractivity contribution is -0.132. The van der Waals surface area contributed by atoms with Crippen molar-refractivity contribution >= 4 is 23.3 Å². The highest BCUT2D eigenvalue weighted by Crippen LogP contribution is 2.42. The van der Waals surface area contributed by atoms with E-state index in [1.165, 1.54) is 12.0 Å². The van der Waals surface area contributed by atoms with Gasteiger partial charge in [-0.2, -0.15) is 0 Å². The molecule has 1 aliphatic heterocycles. The summed E-state index contributed by atoms with van der Waals surface area (Å²) in [5.41, 5.74) is 0.874. The maximum atomic E-state index is 13.1. The molecule has 1 aromatic heterocycles. The van der Waals surface area contributed by atoms with Gasteiger partial charge in [-0.15, -0.1) is 0 Å². The van der Waals surface area contributed by atoms with Gasteiger partial charge in [0.1, 0.15) is 29.6 Å². The van der Waals surface area contributed by atoms with Gasteiger partial charge in [-0.05, 0) is 36.8 Å². The number of hydrogen-bond acceptors (Lipinski definition) is 7. The minimum atomic E-state index is -0.922. The highest BCUT2D eigenvalue weighted by Gasteiger charge is 2.48. The Bertz CT molecular complexity index is 1240. The van der Waals surface area contributed by atoms with Crippen LogP contribution in [0.2, 0.25) is 0 Å². The van der Waals surface area contributed by atoms with E-state index in [4.69, 9.17) is 14.0 Å². The topological polar surface area (TPSA) is 102 Å². The molecule has 0 spiro atoms. The maximum absolute atomic E-state index is 13.1. The molecule has 8 heteroatoms. The Morgan fingerprint density at radius 2 is 1.94 bits per heavy atom. The van der Waals surface area contributed by atoms with Crippen LogP contribution in [0.1, 0.15) is 22.9 Å². The summed E-state index contributed by atoms with van der Waals surface area (Å²) in [6.07, 6.45) is 1.63. The van der Waals surface area contributed by atoms with Crippen molar-refractivity contribution in [1.82, 2.24) is 5.16 Å². The molecule has 1 fully saturated rings. The van der Waals surface area contributed by atoms with Crippen LogP contribution in [0.3, 0.4) is 0 Å². The summed E-state index contributed by atoms with van der Waals surface area (Å²) in [7, 11) is 1.50. The van der Waals surface area contributed by atoms with Gasteiger partial charge in [0.05, 0.1) is 18.7 Å². The van der Waals surface area contributed by atoms with Crippen LogP contribution in [0, 0.1) is 6.92 Å². The van der Waals surface area contributed by atoms with E-state index in [1.54, 1.807) is 67.6 Å². The highest BCUT2D eigenvalue weighted by molar-refractivity contribution is 6.51. The zero-order valence-corrected chi connectivity index (χ0v) is 18.1. The normalized spacial score (nSPS) is 17.3. The van der Waals surface area contributed by atoms with E-state index in [0.29, 0.717) is 35.0 Å². The number of Topliss-reactive ketones (excluding diaryl/α,β-unsaturated/α-hetero) is 1. The highest BCUT2D eigenvalue weighted by atomic mass is 16.5. The Balaban J connectivity index is 1.87. The fraction of sp³-hybridized carbons (Fsp3) is 0.160. The lowest BCUT2D eigenvalue weighted by atomic mass is 9.95. The van der Waals surface area contributed by atoms with Gasteiger partial charge in [0, 0.05) is 11.6 Å². The molecule has 168 valence electrons. The van der Waals surface area contributed by atoms with Crippen molar-refractivity contribution in [1.29, 1.82) is 0 Å². The second-order valence-electron chi connectivity index (χ2n) is 7.37. The first-order chi connectivity index (χ1) is 15.9. The maximum Gasteiger partial charge on any atom is 0.301 e. The number of benzene rings is 2. The molecular weight excluding hydrogens is 424 g/mol. The minimum Gasteiger partial charge on any atom is -0.507 e. The number of hydrogen-bond donors (Lipinski definition) is 1. The second-order valence-corrected chi connectivity index (χ2v) is 7.37. The SMILES string of the molecule is C=CCOc1ccc(C2C(=C(O)c3cccc(OC)c3)C(=O)C(=O)N2c2cc(C)on2)cc1. The first-order valence-electron chi connectivity index (χ1n) is 10.2. The molecule has 0 radical (unpaired) electrons. The number of aromatic nitrogens is 1. The molecule has 0 aliphatic carbocycles. The van der Waals surface area contributed by atoms with Gasteiger partial charge < -0.3 is 19.1 Å². The first kappa shape index (κ1) is 21.9. The molecule has 2 heterocycles. The number of nitrogens with zero attached hydrogens (tertiary/aromatic N) is 2. The van der Waals surface area contributed by atoms with Crippen molar-refractivity contribution in [3.05, 3.63) is 89.7 Å². The average Bonchev–Trinajstić information content (AvgIpc) is 3.38. The summed E-state index contributed by atoms with van der Waals surface area (Å²) < 4.78 is 15.9. The van der Waals surface area contributed by atoms with Gasteiger partial charge in [0.2, 0.25) is 0 Å². The predicted octanol–water partition coefficient (Wildman–Crippen LogP) is 4.18. The number of aliphatic hydroxyl groups is 1. The molecule has 1 atom stereocenters. The van der Waals surface area contributed by atoms with Crippen molar-refractivity contribution in [2.75, 3.05) is 18.6 Å². The summed E-state index contributed by atoms with van der Waals surface area (Å²) in [6.45, 7) is 5.65. The summed E-state index contributed by atoms with van der Waals surface area (Å²) in [4.78, 5) is 27.4. The van der Waals surface area contributed by atoms with Crippen LogP contribution in [0.4, 0.5) is 5.82 Å². The molecule has 1 N–H and O–H groups in total. The van der Waals surface area contributed by atoms with Crippen molar-refractivity contribution in [2.45, 2.75) is 13.0 Å². The van der Waals surface area contributed by atoms with Crippen molar-refractivity contribution in [3.8, 4) is 11.5 Å². The van der Waals surface area contributed by atoms with E-state index >= 15 is 0 Å². The standard InChI is InChI=1S/C25H22N2O6/c1-4-12-32-18-10-8-16(9-11-18)22-21(23(28)17-6-5-7-19(14-17)31-3)24(29)25(30)27(22)20-13-15(2)33-26-20/h4-11,13-14,22,28H,1,12H2,2-3H3. The van der Waals surface area contributed by atoms with Crippen LogP contribution in [0.5, 0.6) is 11.5 Å². The number of anilines is 1. The molecule has 33 heavy (non-hydrogen) atoms. The number of ether oxygens (including phenoxy) is 2. The number of aryl methyl sites for hydroxylation is 1. The third-order valence-electron chi connectivity index (χ3n) is 5.21. The Morgan fingerprint density at radius 1 is 1.18 bits per heavy atom. The second kappa shape index (κ2) is 9.04. The third kappa shape index (κ3) is 4.10. The molecule has 4 rings (SSSR count). The van der Waals surface area contributed by atoms with E-state index < -0.39 is 17.7 Å². The Hall–Kier alpha value is -4.33. The van der Waals surface area contributed by atoms with Gasteiger partial charge in [-0.1, -0.05) is 42.1 Å². The molecule has 1 unspecified atom stereocenters. The van der Waals surface area contributed by atoms with Gasteiger partial charge in [0.15, 0.2) is 5.82 Å². The van der Waals surface area contributed by atoms with Crippen LogP contribution in [-0.4, -0.2) is 35.7 Å². The van der Waals surface area contributed by atoms with Gasteiger partial charge in [0.25, 0.3) is 5.78 Å². The molecule has 8 nitrogen and oxygen atoms in total. The Labute approximate surface area is 190 Å². The van der Waals surface area contributed by atoms with Crippen LogP contribution in [0.15, 0.2) is 77.3 Å². The van der Waals surface area contributed by atoms with Crippen LogP contribution < -0.4 is 14.4 Å². The predicted molar refractivity (Wildman–Crippen MR) is 121 cm³/mol. The molecular formula is C25H22N2O6. The Morgan fingerprint density at radius 3 is 2.58 bits per heavy atom. The summed E-state index contributed by atoms with van der Waals surface area (Å²) >= 11 is 0. The number of aliphatic hydroxyl groups excluding tert-OH is 1. The largest absolute Gasteiger partial charge is 0.507 e. The molecule has 1 amide bonds. The van der Waals surface area contributed by atoms with E-state index in [9.17, 15) is 14.7 Å². The number of ketones is 1. The molecule has 3 aromatic rings. The van der Waals surface area contributed by atoms with Crippen LogP contribution in [-0.2, 0) is 9.59 Å². The quantitative estimate of drug-likeness (QED) is 0.251. The average molecular weight is 446 g/mol. The van der Waals surface area contributed by atoms with Crippen molar-refractivity contribution < 1.29 is 28.7 Å². The summed E-state index contributed by atoms with van der Waals surface area (Å²) in [5, 5.41) is 15.1. The van der Waals surface area contributed by atoms with Gasteiger partial charge >= 0.3 is 5.91 Å². The van der Waals surface area contributed by atoms with Gasteiger partial charge in [-0.25, -0.2) is 0 Å². The van der Waals surface area contributed by atoms with Gasteiger partial charge in [-0.3, -0.25) is 14.5 Å². The molecule has 1 aliphatic rings. The summed E-state index contributed by atoms with van der Waals surface area (Å²) in [5.74, 6) is -0.200. The molecule has 2 aromatic carbocycles. The smallest absolute Gasteiger partial charge is 0.301 e. The number of amides is 1. The lowest BCUT2D eigenvalue weighted by Crippen LogP contribution is -2.29. The fourth-order valence-corrected chi connectivity index (χ4v) is 3.68. The lowest BCUT2D eigenvalue weighted by Gasteiger charge is -2.23. The first-order valence-corrected chi connectivity index (χ1v) is 10.2. The zero-order valence-electron chi connectivity index (χ0n) is 18.1. The van der Waals surface area contributed by atoms with Crippen LogP contribution in [0.25, 0.3) is 5.76 Å². The molecule has 1 saturated heterocycles. The van der Waals surface area contributed by atoms with Crippen molar-refractivity contribution in [2.24, 2.45) is 0 Å². The summed E-state index contributed by atoms with van der Waals surface area (Å²) in [6, 6.07) is 14.2. The molecule has 0 bridgehead atoms. The monoisotopic (exact) mass is 446 g/mol. The van der Waals surface area contributed by atoms with E-state index in [0.717, 1.165) is 0 Å². The van der Waals surface area contributed by atoms with E-state index in [-0.39, 0.29) is 17.2 Å². The van der Waals surface area contributed by atoms with Crippen molar-refractivity contribution in [3.63, 3.8) is 0 Å². The minimum absolute atomic E-state index is 0.0614. The Kier molecular flexibility index (Phi) is 5.99. The third-order valence-corrected chi connectivity index (χ3v) is 5.21. The van der Waals surface area contributed by atoms with Crippen LogP contribution >= 0.6 is 0 Å². The van der Waals surface area contributed by atoms with E-state index in [1.807, 2.05) is 0 Å². The molecule has 0 saturated carbocycles. The number of carbonyl (C=O) groups is 2. The van der Waals surface area contributed by atoms with E-state index in [2.05, 4.69) is 11.7 Å². The fourth-order valence-electron chi connectivity index (χ4n) is 3.68. The number of rotatable bonds is 7.